The van der Waals surface area contributed by atoms with E-state index in [2.05, 4.69) is 5.32 Å². The van der Waals surface area contributed by atoms with E-state index in [9.17, 15) is 9.90 Å². The Balaban J connectivity index is 1.96. The van der Waals surface area contributed by atoms with Crippen molar-refractivity contribution in [3.05, 3.63) is 33.8 Å². The van der Waals surface area contributed by atoms with E-state index in [1.807, 2.05) is 0 Å². The van der Waals surface area contributed by atoms with Crippen LogP contribution in [-0.2, 0) is 9.53 Å². The zero-order chi connectivity index (χ0) is 16.2. The zero-order valence-electron chi connectivity index (χ0n) is 12.6. The van der Waals surface area contributed by atoms with Crippen LogP contribution in [0.3, 0.4) is 0 Å². The minimum atomic E-state index is -0.926. The Kier molecular flexibility index (Phi) is 6.09. The first-order valence-corrected chi connectivity index (χ1v) is 8.15. The third-order valence-corrected chi connectivity index (χ3v) is 5.03. The van der Waals surface area contributed by atoms with E-state index in [1.54, 1.807) is 25.3 Å². The van der Waals surface area contributed by atoms with Crippen LogP contribution in [-0.4, -0.2) is 31.3 Å². The van der Waals surface area contributed by atoms with E-state index in [-0.39, 0.29) is 17.9 Å². The lowest BCUT2D eigenvalue weighted by molar-refractivity contribution is -0.138. The molecule has 1 saturated carbocycles. The maximum atomic E-state index is 12.4. The summed E-state index contributed by atoms with van der Waals surface area (Å²) in [6.45, 7) is 0.656. The van der Waals surface area contributed by atoms with Gasteiger partial charge in [0.2, 0.25) is 5.91 Å². The molecule has 1 aromatic carbocycles. The minimum Gasteiger partial charge on any atom is -0.386 e. The first kappa shape index (κ1) is 17.5. The van der Waals surface area contributed by atoms with Crippen molar-refractivity contribution in [2.75, 3.05) is 20.3 Å². The number of aliphatic hydroxyl groups is 1. The van der Waals surface area contributed by atoms with Gasteiger partial charge in [-0.1, -0.05) is 35.7 Å². The number of hydrogen-bond acceptors (Lipinski definition) is 3. The van der Waals surface area contributed by atoms with Crippen molar-refractivity contribution in [1.82, 2.24) is 5.32 Å². The summed E-state index contributed by atoms with van der Waals surface area (Å²) in [5.74, 6) is -0.0296. The molecule has 1 atom stereocenters. The summed E-state index contributed by atoms with van der Waals surface area (Å²) in [5.41, 5.74) is 0.102. The molecule has 2 N–H and O–H groups in total. The number of amides is 1. The van der Waals surface area contributed by atoms with E-state index < -0.39 is 6.10 Å². The van der Waals surface area contributed by atoms with Crippen LogP contribution in [0.1, 0.15) is 37.4 Å². The van der Waals surface area contributed by atoms with Gasteiger partial charge in [-0.05, 0) is 31.4 Å². The van der Waals surface area contributed by atoms with Crippen molar-refractivity contribution < 1.29 is 14.6 Å². The Morgan fingerprint density at radius 2 is 2.05 bits per heavy atom. The second kappa shape index (κ2) is 7.64. The highest BCUT2D eigenvalue weighted by molar-refractivity contribution is 6.36. The number of benzene rings is 1. The number of rotatable bonds is 7. The fourth-order valence-corrected chi connectivity index (χ4v) is 3.45. The molecule has 1 fully saturated rings. The van der Waals surface area contributed by atoms with E-state index in [4.69, 9.17) is 27.9 Å². The molecule has 0 bridgehead atoms. The van der Waals surface area contributed by atoms with Gasteiger partial charge in [0.15, 0.2) is 0 Å². The van der Waals surface area contributed by atoms with Gasteiger partial charge in [-0.25, -0.2) is 0 Å². The van der Waals surface area contributed by atoms with Gasteiger partial charge in [-0.2, -0.15) is 0 Å². The van der Waals surface area contributed by atoms with Crippen molar-refractivity contribution in [1.29, 1.82) is 0 Å². The highest BCUT2D eigenvalue weighted by Gasteiger charge is 2.43. The molecule has 0 radical (unpaired) electrons. The Labute approximate surface area is 140 Å². The topological polar surface area (TPSA) is 58.6 Å². The number of nitrogens with one attached hydrogen (secondary N) is 1. The van der Waals surface area contributed by atoms with Crippen LogP contribution >= 0.6 is 23.2 Å². The van der Waals surface area contributed by atoms with Crippen molar-refractivity contribution >= 4 is 29.1 Å². The van der Waals surface area contributed by atoms with Crippen LogP contribution in [0, 0.1) is 5.41 Å². The Hall–Kier alpha value is -0.810. The third-order valence-electron chi connectivity index (χ3n) is 4.37. The molecular formula is C16H21Cl2NO3. The SMILES string of the molecule is COCCC1(C(=O)NCC(O)c2c(Cl)cccc2Cl)CCC1. The summed E-state index contributed by atoms with van der Waals surface area (Å²) < 4.78 is 5.09. The molecule has 0 aromatic heterocycles. The first-order chi connectivity index (χ1) is 10.5. The monoisotopic (exact) mass is 345 g/mol. The van der Waals surface area contributed by atoms with Crippen molar-refractivity contribution in [2.45, 2.75) is 31.8 Å². The van der Waals surface area contributed by atoms with Gasteiger partial charge in [0.25, 0.3) is 0 Å². The third kappa shape index (κ3) is 3.74. The smallest absolute Gasteiger partial charge is 0.226 e. The van der Waals surface area contributed by atoms with Crippen LogP contribution in [0.5, 0.6) is 0 Å². The number of hydrogen-bond donors (Lipinski definition) is 2. The van der Waals surface area contributed by atoms with Gasteiger partial charge in [-0.3, -0.25) is 4.79 Å². The molecule has 0 spiro atoms. The highest BCUT2D eigenvalue weighted by atomic mass is 35.5. The fraction of sp³-hybridized carbons (Fsp3) is 0.562. The lowest BCUT2D eigenvalue weighted by atomic mass is 9.66. The first-order valence-electron chi connectivity index (χ1n) is 7.39. The number of ether oxygens (including phenoxy) is 1. The zero-order valence-corrected chi connectivity index (χ0v) is 14.1. The Morgan fingerprint density at radius 1 is 1.41 bits per heavy atom. The number of aliphatic hydroxyl groups excluding tert-OH is 1. The predicted octanol–water partition coefficient (Wildman–Crippen LogP) is 3.35. The van der Waals surface area contributed by atoms with Crippen molar-refractivity contribution in [3.8, 4) is 0 Å². The summed E-state index contributed by atoms with van der Waals surface area (Å²) >= 11 is 12.1. The molecular weight excluding hydrogens is 325 g/mol. The molecule has 0 heterocycles. The largest absolute Gasteiger partial charge is 0.386 e. The molecule has 6 heteroatoms. The average Bonchev–Trinajstić information content (AvgIpc) is 2.44. The molecule has 0 saturated heterocycles. The quantitative estimate of drug-likeness (QED) is 0.796. The van der Waals surface area contributed by atoms with Gasteiger partial charge in [0, 0.05) is 35.9 Å². The number of halogens is 2. The summed E-state index contributed by atoms with van der Waals surface area (Å²) in [6.07, 6.45) is 2.56. The Bertz CT molecular complexity index is 512. The average molecular weight is 346 g/mol. The van der Waals surface area contributed by atoms with Crippen LogP contribution in [0.4, 0.5) is 0 Å². The molecule has 0 aliphatic heterocycles. The van der Waals surface area contributed by atoms with E-state index >= 15 is 0 Å². The van der Waals surface area contributed by atoms with Crippen molar-refractivity contribution in [2.24, 2.45) is 5.41 Å². The predicted molar refractivity (Wildman–Crippen MR) is 87.2 cm³/mol. The van der Waals surface area contributed by atoms with E-state index in [1.165, 1.54) is 0 Å². The summed E-state index contributed by atoms with van der Waals surface area (Å²) in [5, 5.41) is 13.9. The number of carbonyl (C=O) groups excluding carboxylic acids is 1. The standard InChI is InChI=1S/C16H21Cl2NO3/c1-22-9-8-16(6-3-7-16)15(21)19-10-13(20)14-11(17)4-2-5-12(14)18/h2,4-5,13,20H,3,6-10H2,1H3,(H,19,21). The van der Waals surface area contributed by atoms with Gasteiger partial charge in [0.05, 0.1) is 11.5 Å². The van der Waals surface area contributed by atoms with Gasteiger partial charge in [0.1, 0.15) is 0 Å². The maximum absolute atomic E-state index is 12.4. The van der Waals surface area contributed by atoms with Crippen LogP contribution in [0.15, 0.2) is 18.2 Å². The molecule has 2 rings (SSSR count). The molecule has 22 heavy (non-hydrogen) atoms. The summed E-state index contributed by atoms with van der Waals surface area (Å²) in [6, 6.07) is 5.05. The fourth-order valence-electron chi connectivity index (χ4n) is 2.80. The lowest BCUT2D eigenvalue weighted by Crippen LogP contribution is -2.47. The summed E-state index contributed by atoms with van der Waals surface area (Å²) in [4.78, 5) is 12.4. The molecule has 4 nitrogen and oxygen atoms in total. The molecule has 1 aliphatic rings. The van der Waals surface area contributed by atoms with Crippen LogP contribution in [0.2, 0.25) is 10.0 Å². The van der Waals surface area contributed by atoms with Gasteiger partial charge < -0.3 is 15.2 Å². The minimum absolute atomic E-state index is 0.0296. The van der Waals surface area contributed by atoms with Crippen LogP contribution in [0.25, 0.3) is 0 Å². The van der Waals surface area contributed by atoms with Crippen LogP contribution < -0.4 is 5.32 Å². The Morgan fingerprint density at radius 3 is 2.55 bits per heavy atom. The molecule has 1 amide bonds. The molecule has 122 valence electrons. The second-order valence-corrected chi connectivity index (χ2v) is 6.55. The van der Waals surface area contributed by atoms with Crippen molar-refractivity contribution in [3.63, 3.8) is 0 Å². The highest BCUT2D eigenvalue weighted by Crippen LogP contribution is 2.44. The van der Waals surface area contributed by atoms with Gasteiger partial charge >= 0.3 is 0 Å². The number of methoxy groups -OCH3 is 1. The van der Waals surface area contributed by atoms with E-state index in [0.717, 1.165) is 19.3 Å². The molecule has 1 aliphatic carbocycles. The lowest BCUT2D eigenvalue weighted by Gasteiger charge is -2.40. The maximum Gasteiger partial charge on any atom is 0.226 e. The summed E-state index contributed by atoms with van der Waals surface area (Å²) in [7, 11) is 1.63. The normalized spacial score (nSPS) is 17.6. The number of carbonyl (C=O) groups is 1. The second-order valence-electron chi connectivity index (χ2n) is 5.74. The van der Waals surface area contributed by atoms with E-state index in [0.29, 0.717) is 28.6 Å². The van der Waals surface area contributed by atoms with Gasteiger partial charge in [-0.15, -0.1) is 0 Å². The molecule has 1 aromatic rings. The molecule has 1 unspecified atom stereocenters.